The Balaban J connectivity index is 3.03. The molecule has 20 heavy (non-hydrogen) atoms. The molecule has 6 heteroatoms. The highest BCUT2D eigenvalue weighted by atomic mass is 16.4. The molecule has 0 bridgehead atoms. The molecule has 110 valence electrons. The van der Waals surface area contributed by atoms with Gasteiger partial charge in [0.25, 0.3) is 5.91 Å². The van der Waals surface area contributed by atoms with E-state index >= 15 is 0 Å². The lowest BCUT2D eigenvalue weighted by molar-refractivity contribution is -0.140. The van der Waals surface area contributed by atoms with Crippen LogP contribution >= 0.6 is 0 Å². The van der Waals surface area contributed by atoms with Gasteiger partial charge in [-0.05, 0) is 17.9 Å². The van der Waals surface area contributed by atoms with Crippen LogP contribution in [0.5, 0.6) is 0 Å². The number of carboxylic acids is 1. The molecule has 0 saturated heterocycles. The van der Waals surface area contributed by atoms with Crippen molar-refractivity contribution in [2.45, 2.75) is 39.7 Å². The normalized spacial score (nSPS) is 12.5. The van der Waals surface area contributed by atoms with Gasteiger partial charge in [-0.25, -0.2) is 4.79 Å². The molecule has 0 unspecified atom stereocenters. The molecule has 0 radical (unpaired) electrons. The molecule has 1 amide bonds. The second-order valence-electron chi connectivity index (χ2n) is 5.38. The van der Waals surface area contributed by atoms with Crippen molar-refractivity contribution in [3.05, 3.63) is 33.7 Å². The maximum atomic E-state index is 12.1. The molecule has 0 aliphatic carbocycles. The Morgan fingerprint density at radius 3 is 2.25 bits per heavy atom. The molecule has 0 aliphatic rings. The average Bonchev–Trinajstić information content (AvgIpc) is 2.33. The maximum Gasteiger partial charge on any atom is 0.326 e. The van der Waals surface area contributed by atoms with Crippen LogP contribution in [0.2, 0.25) is 0 Å². The zero-order chi connectivity index (χ0) is 15.4. The lowest BCUT2D eigenvalue weighted by atomic mass is 10.0. The molecule has 1 aromatic rings. The summed E-state index contributed by atoms with van der Waals surface area (Å²) in [6.45, 7) is 7.19. The summed E-state index contributed by atoms with van der Waals surface area (Å²) in [4.78, 5) is 37.3. The zero-order valence-electron chi connectivity index (χ0n) is 12.1. The van der Waals surface area contributed by atoms with E-state index in [1.165, 1.54) is 6.07 Å². The Morgan fingerprint density at radius 2 is 1.80 bits per heavy atom. The fraction of sp³-hybridized carbons (Fsp3) is 0.500. The minimum atomic E-state index is -1.10. The van der Waals surface area contributed by atoms with Crippen LogP contribution in [-0.4, -0.2) is 28.0 Å². The molecule has 0 fully saturated rings. The molecule has 1 atom stereocenters. The predicted octanol–water partition coefficient (Wildman–Crippen LogP) is 1.34. The number of pyridine rings is 1. The number of aliphatic carboxylic acids is 1. The topological polar surface area (TPSA) is 99.3 Å². The number of carbonyl (C=O) groups excluding carboxylic acids is 1. The van der Waals surface area contributed by atoms with E-state index < -0.39 is 17.9 Å². The Morgan fingerprint density at radius 1 is 1.20 bits per heavy atom. The van der Waals surface area contributed by atoms with Gasteiger partial charge < -0.3 is 15.4 Å². The SMILES string of the molecule is CC(C)c1cc(C(=O)N[C@H](C(=O)O)C(C)C)cc(=O)[nH]1. The van der Waals surface area contributed by atoms with Crippen LogP contribution in [0.3, 0.4) is 0 Å². The van der Waals surface area contributed by atoms with E-state index in [1.807, 2.05) is 13.8 Å². The number of hydrogen-bond acceptors (Lipinski definition) is 3. The van der Waals surface area contributed by atoms with Gasteiger partial charge in [-0.3, -0.25) is 9.59 Å². The number of aromatic nitrogens is 1. The third-order valence-electron chi connectivity index (χ3n) is 2.97. The van der Waals surface area contributed by atoms with E-state index in [-0.39, 0.29) is 23.0 Å². The largest absolute Gasteiger partial charge is 0.480 e. The zero-order valence-corrected chi connectivity index (χ0v) is 12.1. The first kappa shape index (κ1) is 15.9. The molecule has 0 saturated carbocycles. The van der Waals surface area contributed by atoms with Crippen LogP contribution in [0.4, 0.5) is 0 Å². The highest BCUT2D eigenvalue weighted by Gasteiger charge is 2.24. The number of hydrogen-bond donors (Lipinski definition) is 3. The number of carboxylic acid groups (broad SMARTS) is 1. The van der Waals surface area contributed by atoms with E-state index in [0.717, 1.165) is 0 Å². The van der Waals surface area contributed by atoms with Gasteiger partial charge in [0.2, 0.25) is 5.56 Å². The van der Waals surface area contributed by atoms with Crippen molar-refractivity contribution in [1.82, 2.24) is 10.3 Å². The fourth-order valence-electron chi connectivity index (χ4n) is 1.75. The van der Waals surface area contributed by atoms with E-state index in [4.69, 9.17) is 5.11 Å². The van der Waals surface area contributed by atoms with Gasteiger partial charge in [-0.1, -0.05) is 27.7 Å². The first-order chi connectivity index (χ1) is 9.22. The smallest absolute Gasteiger partial charge is 0.326 e. The van der Waals surface area contributed by atoms with Gasteiger partial charge in [0, 0.05) is 17.3 Å². The lowest BCUT2D eigenvalue weighted by Crippen LogP contribution is -2.44. The summed E-state index contributed by atoms with van der Waals surface area (Å²) in [7, 11) is 0. The molecule has 0 spiro atoms. The van der Waals surface area contributed by atoms with E-state index in [9.17, 15) is 14.4 Å². The Kier molecular flexibility index (Phi) is 5.07. The van der Waals surface area contributed by atoms with Crippen molar-refractivity contribution in [3.63, 3.8) is 0 Å². The third kappa shape index (κ3) is 3.94. The third-order valence-corrected chi connectivity index (χ3v) is 2.97. The second kappa shape index (κ2) is 6.36. The summed E-state index contributed by atoms with van der Waals surface area (Å²) in [6.07, 6.45) is 0. The van der Waals surface area contributed by atoms with E-state index in [0.29, 0.717) is 5.69 Å². The van der Waals surface area contributed by atoms with Crippen molar-refractivity contribution in [2.24, 2.45) is 5.92 Å². The minimum absolute atomic E-state index is 0.0656. The van der Waals surface area contributed by atoms with Gasteiger partial charge in [0.1, 0.15) is 6.04 Å². The van der Waals surface area contributed by atoms with Crippen LogP contribution in [0.1, 0.15) is 49.7 Å². The highest BCUT2D eigenvalue weighted by Crippen LogP contribution is 2.11. The summed E-state index contributed by atoms with van der Waals surface area (Å²) in [6, 6.07) is 1.76. The highest BCUT2D eigenvalue weighted by molar-refractivity contribution is 5.96. The summed E-state index contributed by atoms with van der Waals surface area (Å²) in [5.41, 5.74) is 0.432. The number of carbonyl (C=O) groups is 2. The van der Waals surface area contributed by atoms with Crippen molar-refractivity contribution in [2.75, 3.05) is 0 Å². The quantitative estimate of drug-likeness (QED) is 0.757. The average molecular weight is 280 g/mol. The molecule has 6 nitrogen and oxygen atoms in total. The molecule has 1 rings (SSSR count). The first-order valence-electron chi connectivity index (χ1n) is 6.50. The second-order valence-corrected chi connectivity index (χ2v) is 5.38. The molecule has 3 N–H and O–H groups in total. The first-order valence-corrected chi connectivity index (χ1v) is 6.50. The van der Waals surface area contributed by atoms with E-state index in [2.05, 4.69) is 10.3 Å². The van der Waals surface area contributed by atoms with Crippen molar-refractivity contribution >= 4 is 11.9 Å². The van der Waals surface area contributed by atoms with Gasteiger partial charge in [-0.15, -0.1) is 0 Å². The molecule has 0 aliphatic heterocycles. The molecule has 1 aromatic heterocycles. The van der Waals surface area contributed by atoms with Crippen molar-refractivity contribution < 1.29 is 14.7 Å². The Bertz CT molecular complexity index is 561. The van der Waals surface area contributed by atoms with Gasteiger partial charge in [0.15, 0.2) is 0 Å². The van der Waals surface area contributed by atoms with Crippen LogP contribution in [0, 0.1) is 5.92 Å². The number of nitrogens with one attached hydrogen (secondary N) is 2. The van der Waals surface area contributed by atoms with Crippen LogP contribution in [-0.2, 0) is 4.79 Å². The molecular weight excluding hydrogens is 260 g/mol. The monoisotopic (exact) mass is 280 g/mol. The number of rotatable bonds is 5. The van der Waals surface area contributed by atoms with Gasteiger partial charge in [0.05, 0.1) is 0 Å². The van der Waals surface area contributed by atoms with Gasteiger partial charge in [-0.2, -0.15) is 0 Å². The van der Waals surface area contributed by atoms with Gasteiger partial charge >= 0.3 is 5.97 Å². The fourth-order valence-corrected chi connectivity index (χ4v) is 1.75. The summed E-state index contributed by atoms with van der Waals surface area (Å²) in [5, 5.41) is 11.5. The van der Waals surface area contributed by atoms with Crippen molar-refractivity contribution in [1.29, 1.82) is 0 Å². The van der Waals surface area contributed by atoms with Crippen LogP contribution < -0.4 is 10.9 Å². The number of aromatic amines is 1. The summed E-state index contributed by atoms with van der Waals surface area (Å²) >= 11 is 0. The lowest BCUT2D eigenvalue weighted by Gasteiger charge is -2.18. The standard InChI is InChI=1S/C14H20N2O4/c1-7(2)10-5-9(6-11(17)15-10)13(18)16-12(8(3)4)14(19)20/h5-8,12H,1-4H3,(H,15,17)(H,16,18)(H,19,20)/t12-/m0/s1. The predicted molar refractivity (Wildman–Crippen MR) is 74.9 cm³/mol. The van der Waals surface area contributed by atoms with Crippen LogP contribution in [0.25, 0.3) is 0 Å². The molecular formula is C14H20N2O4. The van der Waals surface area contributed by atoms with Crippen molar-refractivity contribution in [3.8, 4) is 0 Å². The van der Waals surface area contributed by atoms with Crippen LogP contribution in [0.15, 0.2) is 16.9 Å². The van der Waals surface area contributed by atoms with E-state index in [1.54, 1.807) is 19.9 Å². The summed E-state index contributed by atoms with van der Waals surface area (Å²) < 4.78 is 0. The Hall–Kier alpha value is -2.11. The molecule has 0 aromatic carbocycles. The minimum Gasteiger partial charge on any atom is -0.480 e. The maximum absolute atomic E-state index is 12.1. The Labute approximate surface area is 117 Å². The summed E-state index contributed by atoms with van der Waals surface area (Å²) in [5.74, 6) is -1.83. The number of H-pyrrole nitrogens is 1. The number of amides is 1. The molecule has 1 heterocycles.